The molecule has 1 aromatic rings. The summed E-state index contributed by atoms with van der Waals surface area (Å²) in [6.07, 6.45) is -0.0768. The number of rotatable bonds is 8. The van der Waals surface area contributed by atoms with Gasteiger partial charge in [0.1, 0.15) is 0 Å². The minimum absolute atomic E-state index is 0.0768. The summed E-state index contributed by atoms with van der Waals surface area (Å²) in [4.78, 5) is 10.9. The van der Waals surface area contributed by atoms with Crippen LogP contribution in [0, 0.1) is 11.6 Å². The van der Waals surface area contributed by atoms with E-state index in [2.05, 4.69) is 10.0 Å². The maximum Gasteiger partial charge on any atom is 0.240 e. The first-order chi connectivity index (χ1) is 9.86. The molecule has 0 fully saturated rings. The zero-order valence-corrected chi connectivity index (χ0v) is 12.2. The summed E-state index contributed by atoms with van der Waals surface area (Å²) in [6, 6.07) is 2.25. The van der Waals surface area contributed by atoms with Crippen LogP contribution in [0.1, 0.15) is 6.42 Å². The smallest absolute Gasteiger partial charge is 0.240 e. The highest BCUT2D eigenvalue weighted by molar-refractivity contribution is 7.89. The lowest BCUT2D eigenvalue weighted by molar-refractivity contribution is -0.121. The second kappa shape index (κ2) is 8.01. The summed E-state index contributed by atoms with van der Waals surface area (Å²) in [5.74, 6) is -2.73. The molecule has 1 aromatic carbocycles. The van der Waals surface area contributed by atoms with Crippen molar-refractivity contribution < 1.29 is 26.7 Å². The van der Waals surface area contributed by atoms with Crippen LogP contribution < -0.4 is 10.0 Å². The van der Waals surface area contributed by atoms with Gasteiger partial charge in [0.15, 0.2) is 11.6 Å². The van der Waals surface area contributed by atoms with E-state index in [1.54, 1.807) is 0 Å². The highest BCUT2D eigenvalue weighted by Gasteiger charge is 2.16. The molecule has 118 valence electrons. The number of methoxy groups -OCH3 is 1. The molecule has 0 saturated heterocycles. The van der Waals surface area contributed by atoms with Gasteiger partial charge < -0.3 is 10.1 Å². The fraction of sp³-hybridized carbons (Fsp3) is 0.417. The SMILES string of the molecule is COCCNC(=O)CCNS(=O)(=O)c1ccc(F)c(F)c1. The standard InChI is InChI=1S/C12H16F2N2O4S/c1-20-7-6-15-12(17)4-5-16-21(18,19)9-2-3-10(13)11(14)8-9/h2-3,8,16H,4-7H2,1H3,(H,15,17). The third kappa shape index (κ3) is 5.74. The Morgan fingerprint density at radius 2 is 1.95 bits per heavy atom. The van der Waals surface area contributed by atoms with Gasteiger partial charge in [-0.2, -0.15) is 0 Å². The lowest BCUT2D eigenvalue weighted by atomic mass is 10.3. The van der Waals surface area contributed by atoms with Crippen LogP contribution in [0.15, 0.2) is 23.1 Å². The van der Waals surface area contributed by atoms with E-state index < -0.39 is 26.6 Å². The van der Waals surface area contributed by atoms with E-state index in [1.807, 2.05) is 0 Å². The summed E-state index contributed by atoms with van der Waals surface area (Å²) in [5, 5.41) is 2.52. The van der Waals surface area contributed by atoms with Gasteiger partial charge in [-0.3, -0.25) is 4.79 Å². The molecule has 0 radical (unpaired) electrons. The Balaban J connectivity index is 2.50. The van der Waals surface area contributed by atoms with Crippen LogP contribution in [-0.2, 0) is 19.6 Å². The first-order valence-corrected chi connectivity index (χ1v) is 7.55. The van der Waals surface area contributed by atoms with Crippen LogP contribution in [0.4, 0.5) is 8.78 Å². The lowest BCUT2D eigenvalue weighted by Crippen LogP contribution is -2.32. The van der Waals surface area contributed by atoms with Crippen molar-refractivity contribution in [3.05, 3.63) is 29.8 Å². The number of nitrogens with one attached hydrogen (secondary N) is 2. The molecule has 0 aromatic heterocycles. The minimum Gasteiger partial charge on any atom is -0.383 e. The molecule has 1 rings (SSSR count). The first-order valence-electron chi connectivity index (χ1n) is 6.07. The zero-order valence-electron chi connectivity index (χ0n) is 11.4. The molecular weight excluding hydrogens is 306 g/mol. The van der Waals surface area contributed by atoms with Crippen molar-refractivity contribution in [2.75, 3.05) is 26.8 Å². The van der Waals surface area contributed by atoms with Crippen molar-refractivity contribution >= 4 is 15.9 Å². The number of hydrogen-bond donors (Lipinski definition) is 2. The fourth-order valence-electron chi connectivity index (χ4n) is 1.41. The summed E-state index contributed by atoms with van der Waals surface area (Å²) in [7, 11) is -2.49. The van der Waals surface area contributed by atoms with Crippen molar-refractivity contribution in [1.82, 2.24) is 10.0 Å². The van der Waals surface area contributed by atoms with Gasteiger partial charge in [-0.05, 0) is 18.2 Å². The quantitative estimate of drug-likeness (QED) is 0.678. The molecule has 0 aliphatic rings. The van der Waals surface area contributed by atoms with Gasteiger partial charge in [0.25, 0.3) is 0 Å². The predicted molar refractivity (Wildman–Crippen MR) is 71.0 cm³/mol. The van der Waals surface area contributed by atoms with E-state index in [9.17, 15) is 22.0 Å². The van der Waals surface area contributed by atoms with Gasteiger partial charge in [0.05, 0.1) is 11.5 Å². The first kappa shape index (κ1) is 17.5. The highest BCUT2D eigenvalue weighted by atomic mass is 32.2. The Kier molecular flexibility index (Phi) is 6.66. The van der Waals surface area contributed by atoms with Crippen LogP contribution in [0.5, 0.6) is 0 Å². The molecule has 0 atom stereocenters. The Hall–Kier alpha value is -1.58. The number of carbonyl (C=O) groups excluding carboxylic acids is 1. The maximum absolute atomic E-state index is 13.0. The lowest BCUT2D eigenvalue weighted by Gasteiger charge is -2.07. The van der Waals surface area contributed by atoms with Gasteiger partial charge in [-0.25, -0.2) is 21.9 Å². The molecule has 6 nitrogen and oxygen atoms in total. The average Bonchev–Trinajstić information content (AvgIpc) is 2.42. The summed E-state index contributed by atoms with van der Waals surface area (Å²) in [5.41, 5.74) is 0. The fourth-order valence-corrected chi connectivity index (χ4v) is 2.45. The van der Waals surface area contributed by atoms with E-state index in [0.717, 1.165) is 12.1 Å². The number of benzene rings is 1. The topological polar surface area (TPSA) is 84.5 Å². The van der Waals surface area contributed by atoms with Gasteiger partial charge >= 0.3 is 0 Å². The third-order valence-electron chi connectivity index (χ3n) is 2.47. The molecule has 21 heavy (non-hydrogen) atoms. The van der Waals surface area contributed by atoms with Crippen LogP contribution in [0.3, 0.4) is 0 Å². The number of amides is 1. The molecular formula is C12H16F2N2O4S. The molecule has 0 spiro atoms. The van der Waals surface area contributed by atoms with Crippen LogP contribution >= 0.6 is 0 Å². The second-order valence-electron chi connectivity index (χ2n) is 4.07. The van der Waals surface area contributed by atoms with Crippen LogP contribution in [0.2, 0.25) is 0 Å². The van der Waals surface area contributed by atoms with Crippen molar-refractivity contribution in [2.24, 2.45) is 0 Å². The molecule has 1 amide bonds. The van der Waals surface area contributed by atoms with Crippen LogP contribution in [0.25, 0.3) is 0 Å². The number of hydrogen-bond acceptors (Lipinski definition) is 4. The summed E-state index contributed by atoms with van der Waals surface area (Å²) < 4.78 is 56.2. The van der Waals surface area contributed by atoms with Crippen LogP contribution in [-0.4, -0.2) is 41.1 Å². The molecule has 9 heteroatoms. The van der Waals surface area contributed by atoms with E-state index in [4.69, 9.17) is 4.74 Å². The second-order valence-corrected chi connectivity index (χ2v) is 5.83. The monoisotopic (exact) mass is 322 g/mol. The molecule has 0 aliphatic carbocycles. The molecule has 0 saturated carbocycles. The van der Waals surface area contributed by atoms with E-state index >= 15 is 0 Å². The number of sulfonamides is 1. The van der Waals surface area contributed by atoms with Gasteiger partial charge in [0.2, 0.25) is 15.9 Å². The van der Waals surface area contributed by atoms with Crippen molar-refractivity contribution in [3.63, 3.8) is 0 Å². The van der Waals surface area contributed by atoms with E-state index in [-0.39, 0.29) is 18.9 Å². The van der Waals surface area contributed by atoms with Gasteiger partial charge in [0, 0.05) is 26.6 Å². The molecule has 0 bridgehead atoms. The average molecular weight is 322 g/mol. The predicted octanol–water partition coefficient (Wildman–Crippen LogP) is 0.396. The Bertz CT molecular complexity index is 593. The Morgan fingerprint density at radius 3 is 2.57 bits per heavy atom. The van der Waals surface area contributed by atoms with Crippen molar-refractivity contribution in [1.29, 1.82) is 0 Å². The van der Waals surface area contributed by atoms with E-state index in [1.165, 1.54) is 7.11 Å². The highest BCUT2D eigenvalue weighted by Crippen LogP contribution is 2.13. The van der Waals surface area contributed by atoms with Gasteiger partial charge in [-0.15, -0.1) is 0 Å². The third-order valence-corrected chi connectivity index (χ3v) is 3.93. The van der Waals surface area contributed by atoms with Gasteiger partial charge in [-0.1, -0.05) is 0 Å². The van der Waals surface area contributed by atoms with Crippen molar-refractivity contribution in [2.45, 2.75) is 11.3 Å². The summed E-state index contributed by atoms with van der Waals surface area (Å²) in [6.45, 7) is 0.526. The molecule has 0 unspecified atom stereocenters. The van der Waals surface area contributed by atoms with E-state index in [0.29, 0.717) is 19.2 Å². The molecule has 2 N–H and O–H groups in total. The normalized spacial score (nSPS) is 11.4. The maximum atomic E-state index is 13.0. The summed E-state index contributed by atoms with van der Waals surface area (Å²) >= 11 is 0. The Morgan fingerprint density at radius 1 is 1.24 bits per heavy atom. The largest absolute Gasteiger partial charge is 0.383 e. The number of halogens is 2. The van der Waals surface area contributed by atoms with Crippen molar-refractivity contribution in [3.8, 4) is 0 Å². The molecule has 0 heterocycles. The number of carbonyl (C=O) groups is 1. The molecule has 0 aliphatic heterocycles. The minimum atomic E-state index is -3.98. The Labute approximate surface area is 121 Å². The zero-order chi connectivity index (χ0) is 15.9. The number of ether oxygens (including phenoxy) is 1.